The summed E-state index contributed by atoms with van der Waals surface area (Å²) in [6.45, 7) is 14.2. The molecule has 0 spiro atoms. The van der Waals surface area contributed by atoms with E-state index in [0.29, 0.717) is 24.2 Å². The van der Waals surface area contributed by atoms with Gasteiger partial charge in [0.1, 0.15) is 0 Å². The molecule has 0 radical (unpaired) electrons. The summed E-state index contributed by atoms with van der Waals surface area (Å²) < 4.78 is 12.4. The molecule has 0 aliphatic carbocycles. The van der Waals surface area contributed by atoms with Crippen molar-refractivity contribution in [2.45, 2.75) is 90.3 Å². The van der Waals surface area contributed by atoms with Gasteiger partial charge in [0.25, 0.3) is 0 Å². The average Bonchev–Trinajstić information content (AvgIpc) is 2.76. The summed E-state index contributed by atoms with van der Waals surface area (Å²) in [5, 5.41) is 3.68. The zero-order valence-corrected chi connectivity index (χ0v) is 13.5. The van der Waals surface area contributed by atoms with Crippen LogP contribution in [0.25, 0.3) is 0 Å². The van der Waals surface area contributed by atoms with Crippen LogP contribution in [-0.2, 0) is 9.47 Å². The lowest BCUT2D eigenvalue weighted by Crippen LogP contribution is -2.50. The van der Waals surface area contributed by atoms with Crippen molar-refractivity contribution in [1.82, 2.24) is 5.32 Å². The Hall–Kier alpha value is -0.120. The molecule has 2 aliphatic rings. The molecule has 0 aromatic rings. The van der Waals surface area contributed by atoms with Crippen molar-refractivity contribution in [2.75, 3.05) is 6.54 Å². The normalized spacial score (nSPS) is 38.5. The third-order valence-electron chi connectivity index (χ3n) is 4.68. The van der Waals surface area contributed by atoms with E-state index in [1.165, 1.54) is 12.8 Å². The molecule has 0 aromatic carbocycles. The van der Waals surface area contributed by atoms with Crippen LogP contribution in [0.4, 0.5) is 0 Å². The Morgan fingerprint density at radius 3 is 2.32 bits per heavy atom. The lowest BCUT2D eigenvalue weighted by Gasteiger charge is -2.36. The minimum atomic E-state index is -0.0779. The van der Waals surface area contributed by atoms with Crippen LogP contribution >= 0.6 is 0 Å². The van der Waals surface area contributed by atoms with Gasteiger partial charge in [-0.15, -0.1) is 0 Å². The van der Waals surface area contributed by atoms with Gasteiger partial charge in [0.05, 0.1) is 23.4 Å². The van der Waals surface area contributed by atoms with E-state index in [0.717, 1.165) is 13.0 Å². The first-order chi connectivity index (χ1) is 8.75. The van der Waals surface area contributed by atoms with E-state index in [4.69, 9.17) is 9.47 Å². The maximum atomic E-state index is 6.27. The van der Waals surface area contributed by atoms with Crippen LogP contribution in [0, 0.1) is 5.92 Å². The molecule has 2 fully saturated rings. The van der Waals surface area contributed by atoms with Gasteiger partial charge in [0, 0.05) is 12.0 Å². The summed E-state index contributed by atoms with van der Waals surface area (Å²) in [4.78, 5) is 0. The molecule has 2 heterocycles. The molecule has 0 bridgehead atoms. The fraction of sp³-hybridized carbons (Fsp3) is 1.00. The molecule has 4 atom stereocenters. The molecular weight excluding hydrogens is 238 g/mol. The molecule has 0 saturated carbocycles. The van der Waals surface area contributed by atoms with Crippen molar-refractivity contribution in [2.24, 2.45) is 5.92 Å². The van der Waals surface area contributed by atoms with Gasteiger partial charge in [-0.25, -0.2) is 0 Å². The Bertz CT molecular complexity index is 314. The van der Waals surface area contributed by atoms with Crippen molar-refractivity contribution in [3.05, 3.63) is 0 Å². The monoisotopic (exact) mass is 269 g/mol. The van der Waals surface area contributed by atoms with Gasteiger partial charge in [0.15, 0.2) is 0 Å². The van der Waals surface area contributed by atoms with Crippen molar-refractivity contribution in [3.8, 4) is 0 Å². The second kappa shape index (κ2) is 5.34. The third-order valence-corrected chi connectivity index (χ3v) is 4.68. The van der Waals surface area contributed by atoms with E-state index < -0.39 is 0 Å². The third kappa shape index (κ3) is 3.32. The number of nitrogens with one attached hydrogen (secondary N) is 1. The summed E-state index contributed by atoms with van der Waals surface area (Å²) >= 11 is 0. The average molecular weight is 269 g/mol. The quantitative estimate of drug-likeness (QED) is 0.850. The van der Waals surface area contributed by atoms with Gasteiger partial charge in [-0.1, -0.05) is 6.92 Å². The maximum Gasteiger partial charge on any atom is 0.0736 e. The van der Waals surface area contributed by atoms with Crippen LogP contribution in [0.3, 0.4) is 0 Å². The number of rotatable bonds is 4. The first-order valence-electron chi connectivity index (χ1n) is 7.84. The standard InChI is InChI=1S/C16H31NO2/c1-7-17-14(13-9-8-11(2)18-13)12-10-15(3,4)19-16(12,5)6/h11-14,17H,7-10H2,1-6H3. The fourth-order valence-electron chi connectivity index (χ4n) is 4.03. The second-order valence-electron chi connectivity index (χ2n) is 7.42. The smallest absolute Gasteiger partial charge is 0.0736 e. The van der Waals surface area contributed by atoms with Crippen molar-refractivity contribution in [1.29, 1.82) is 0 Å². The van der Waals surface area contributed by atoms with Crippen molar-refractivity contribution < 1.29 is 9.47 Å². The molecule has 4 unspecified atom stereocenters. The van der Waals surface area contributed by atoms with E-state index in [1.54, 1.807) is 0 Å². The summed E-state index contributed by atoms with van der Waals surface area (Å²) in [7, 11) is 0. The minimum absolute atomic E-state index is 0.0218. The number of likely N-dealkylation sites (N-methyl/N-ethyl adjacent to an activating group) is 1. The van der Waals surface area contributed by atoms with E-state index in [1.807, 2.05) is 0 Å². The Morgan fingerprint density at radius 2 is 1.89 bits per heavy atom. The predicted molar refractivity (Wildman–Crippen MR) is 78.4 cm³/mol. The van der Waals surface area contributed by atoms with Gasteiger partial charge in [-0.05, 0) is 60.4 Å². The number of hydrogen-bond donors (Lipinski definition) is 1. The maximum absolute atomic E-state index is 6.27. The van der Waals surface area contributed by atoms with Crippen LogP contribution in [0.5, 0.6) is 0 Å². The molecule has 1 N–H and O–H groups in total. The Labute approximate surface area is 118 Å². The molecule has 3 heteroatoms. The predicted octanol–water partition coefficient (Wildman–Crippen LogP) is 3.13. The van der Waals surface area contributed by atoms with Crippen LogP contribution in [0.1, 0.15) is 60.8 Å². The lowest BCUT2D eigenvalue weighted by molar-refractivity contribution is -0.0851. The van der Waals surface area contributed by atoms with Crippen LogP contribution in [-0.4, -0.2) is 36.0 Å². The highest BCUT2D eigenvalue weighted by atomic mass is 16.5. The molecule has 3 nitrogen and oxygen atoms in total. The Kier molecular flexibility index (Phi) is 4.29. The van der Waals surface area contributed by atoms with Gasteiger partial charge >= 0.3 is 0 Å². The zero-order valence-electron chi connectivity index (χ0n) is 13.5. The highest BCUT2D eigenvalue weighted by Gasteiger charge is 2.51. The van der Waals surface area contributed by atoms with Gasteiger partial charge in [0.2, 0.25) is 0 Å². The van der Waals surface area contributed by atoms with Gasteiger partial charge in [-0.3, -0.25) is 0 Å². The van der Waals surface area contributed by atoms with Gasteiger partial charge < -0.3 is 14.8 Å². The number of ether oxygens (including phenoxy) is 2. The summed E-state index contributed by atoms with van der Waals surface area (Å²) in [5.41, 5.74) is -0.0996. The fourth-order valence-corrected chi connectivity index (χ4v) is 4.03. The first-order valence-corrected chi connectivity index (χ1v) is 7.84. The van der Waals surface area contributed by atoms with E-state index in [9.17, 15) is 0 Å². The molecule has 19 heavy (non-hydrogen) atoms. The SMILES string of the molecule is CCNC(C1CCC(C)O1)C1CC(C)(C)OC1(C)C. The molecule has 112 valence electrons. The Morgan fingerprint density at radius 1 is 1.21 bits per heavy atom. The molecule has 2 aliphatic heterocycles. The summed E-state index contributed by atoms with van der Waals surface area (Å²) in [6.07, 6.45) is 4.21. The summed E-state index contributed by atoms with van der Waals surface area (Å²) in [6, 6.07) is 0.409. The molecule has 2 saturated heterocycles. The van der Waals surface area contributed by atoms with Crippen molar-refractivity contribution >= 4 is 0 Å². The molecule has 0 aromatic heterocycles. The highest BCUT2D eigenvalue weighted by molar-refractivity contribution is 5.02. The van der Waals surface area contributed by atoms with Crippen molar-refractivity contribution in [3.63, 3.8) is 0 Å². The summed E-state index contributed by atoms with van der Waals surface area (Å²) in [5.74, 6) is 0.512. The molecule has 2 rings (SSSR count). The van der Waals surface area contributed by atoms with E-state index in [-0.39, 0.29) is 11.2 Å². The first kappa shape index (κ1) is 15.3. The second-order valence-corrected chi connectivity index (χ2v) is 7.42. The van der Waals surface area contributed by atoms with Crippen LogP contribution < -0.4 is 5.32 Å². The van der Waals surface area contributed by atoms with Gasteiger partial charge in [-0.2, -0.15) is 0 Å². The number of hydrogen-bond acceptors (Lipinski definition) is 3. The van der Waals surface area contributed by atoms with Crippen LogP contribution in [0.15, 0.2) is 0 Å². The highest BCUT2D eigenvalue weighted by Crippen LogP contribution is 2.45. The topological polar surface area (TPSA) is 30.5 Å². The van der Waals surface area contributed by atoms with E-state index >= 15 is 0 Å². The van der Waals surface area contributed by atoms with Crippen LogP contribution in [0.2, 0.25) is 0 Å². The largest absolute Gasteiger partial charge is 0.374 e. The zero-order chi connectivity index (χ0) is 14.3. The molecule has 0 amide bonds. The minimum Gasteiger partial charge on any atom is -0.374 e. The Balaban J connectivity index is 2.14. The molecular formula is C16H31NO2. The lowest BCUT2D eigenvalue weighted by atomic mass is 9.79. The van der Waals surface area contributed by atoms with E-state index in [2.05, 4.69) is 46.9 Å².